The Morgan fingerprint density at radius 1 is 1.27 bits per heavy atom. The summed E-state index contributed by atoms with van der Waals surface area (Å²) >= 11 is 0. The Kier molecular flexibility index (Phi) is 6.53. The SMILES string of the molecule is CCN(CC(=O)NC(C)(C)C)C(=O)CCc1cccc(F)c1. The molecule has 1 rings (SSSR count). The van der Waals surface area contributed by atoms with E-state index in [4.69, 9.17) is 0 Å². The van der Waals surface area contributed by atoms with Crippen molar-refractivity contribution >= 4 is 11.8 Å². The molecule has 0 heterocycles. The van der Waals surface area contributed by atoms with Gasteiger partial charge in [-0.2, -0.15) is 0 Å². The molecule has 5 heteroatoms. The molecule has 0 aliphatic rings. The molecule has 4 nitrogen and oxygen atoms in total. The lowest BCUT2D eigenvalue weighted by Gasteiger charge is -2.25. The van der Waals surface area contributed by atoms with Crippen LogP contribution >= 0.6 is 0 Å². The summed E-state index contributed by atoms with van der Waals surface area (Å²) in [5, 5.41) is 2.84. The number of likely N-dealkylation sites (N-methyl/N-ethyl adjacent to an activating group) is 1. The van der Waals surface area contributed by atoms with E-state index in [1.807, 2.05) is 27.7 Å². The molecule has 0 saturated carbocycles. The first-order valence-electron chi connectivity index (χ1n) is 7.54. The van der Waals surface area contributed by atoms with Gasteiger partial charge in [-0.3, -0.25) is 9.59 Å². The summed E-state index contributed by atoms with van der Waals surface area (Å²) in [6.45, 7) is 8.05. The quantitative estimate of drug-likeness (QED) is 0.878. The van der Waals surface area contributed by atoms with Gasteiger partial charge in [-0.15, -0.1) is 0 Å². The third kappa shape index (κ3) is 6.70. The fourth-order valence-corrected chi connectivity index (χ4v) is 2.11. The molecule has 0 aliphatic carbocycles. The van der Waals surface area contributed by atoms with Crippen molar-refractivity contribution in [3.05, 3.63) is 35.6 Å². The Morgan fingerprint density at radius 3 is 2.50 bits per heavy atom. The molecule has 0 aliphatic heterocycles. The van der Waals surface area contributed by atoms with Crippen molar-refractivity contribution in [2.24, 2.45) is 0 Å². The molecule has 0 fully saturated rings. The van der Waals surface area contributed by atoms with Gasteiger partial charge in [0.05, 0.1) is 6.54 Å². The second-order valence-corrected chi connectivity index (χ2v) is 6.34. The van der Waals surface area contributed by atoms with E-state index in [2.05, 4.69) is 5.32 Å². The van der Waals surface area contributed by atoms with Crippen LogP contribution in [0.4, 0.5) is 4.39 Å². The monoisotopic (exact) mass is 308 g/mol. The van der Waals surface area contributed by atoms with Gasteiger partial charge in [0.25, 0.3) is 0 Å². The van der Waals surface area contributed by atoms with Crippen LogP contribution < -0.4 is 5.32 Å². The molecule has 1 aromatic rings. The largest absolute Gasteiger partial charge is 0.350 e. The molecule has 22 heavy (non-hydrogen) atoms. The maximum Gasteiger partial charge on any atom is 0.240 e. The summed E-state index contributed by atoms with van der Waals surface area (Å²) in [6.07, 6.45) is 0.730. The third-order valence-electron chi connectivity index (χ3n) is 3.10. The average Bonchev–Trinajstić information content (AvgIpc) is 2.40. The molecule has 2 amide bonds. The maximum atomic E-state index is 13.1. The van der Waals surface area contributed by atoms with Crippen molar-refractivity contribution in [2.45, 2.75) is 46.1 Å². The fraction of sp³-hybridized carbons (Fsp3) is 0.529. The highest BCUT2D eigenvalue weighted by Crippen LogP contribution is 2.08. The van der Waals surface area contributed by atoms with E-state index < -0.39 is 0 Å². The van der Waals surface area contributed by atoms with E-state index in [0.29, 0.717) is 13.0 Å². The van der Waals surface area contributed by atoms with E-state index in [1.54, 1.807) is 12.1 Å². The molecule has 122 valence electrons. The Balaban J connectivity index is 2.52. The number of amides is 2. The van der Waals surface area contributed by atoms with Crippen LogP contribution in [0.1, 0.15) is 39.7 Å². The summed E-state index contributed by atoms with van der Waals surface area (Å²) in [5.41, 5.74) is 0.463. The highest BCUT2D eigenvalue weighted by atomic mass is 19.1. The Labute approximate surface area is 131 Å². The van der Waals surface area contributed by atoms with Crippen LogP contribution in [-0.4, -0.2) is 35.3 Å². The number of benzene rings is 1. The number of carbonyl (C=O) groups excluding carboxylic acids is 2. The Hall–Kier alpha value is -1.91. The molecule has 0 bridgehead atoms. The van der Waals surface area contributed by atoms with Gasteiger partial charge in [-0.25, -0.2) is 4.39 Å². The fourth-order valence-electron chi connectivity index (χ4n) is 2.11. The van der Waals surface area contributed by atoms with Crippen molar-refractivity contribution in [3.63, 3.8) is 0 Å². The molecule has 0 spiro atoms. The van der Waals surface area contributed by atoms with Gasteiger partial charge in [0.1, 0.15) is 5.82 Å². The zero-order valence-corrected chi connectivity index (χ0v) is 13.8. The topological polar surface area (TPSA) is 49.4 Å². The summed E-state index contributed by atoms with van der Waals surface area (Å²) in [5.74, 6) is -0.578. The molecule has 0 aromatic heterocycles. The minimum atomic E-state index is -0.318. The number of aryl methyl sites for hydroxylation is 1. The van der Waals surface area contributed by atoms with E-state index in [9.17, 15) is 14.0 Å². The van der Waals surface area contributed by atoms with Crippen molar-refractivity contribution in [1.82, 2.24) is 10.2 Å². The second kappa shape index (κ2) is 7.92. The lowest BCUT2D eigenvalue weighted by molar-refractivity contribution is -0.136. The van der Waals surface area contributed by atoms with E-state index in [-0.39, 0.29) is 36.1 Å². The van der Waals surface area contributed by atoms with Crippen LogP contribution in [0.3, 0.4) is 0 Å². The van der Waals surface area contributed by atoms with E-state index in [0.717, 1.165) is 5.56 Å². The Bertz CT molecular complexity index is 524. The average molecular weight is 308 g/mol. The van der Waals surface area contributed by atoms with Gasteiger partial charge < -0.3 is 10.2 Å². The van der Waals surface area contributed by atoms with Crippen molar-refractivity contribution in [1.29, 1.82) is 0 Å². The number of hydrogen-bond acceptors (Lipinski definition) is 2. The van der Waals surface area contributed by atoms with Crippen LogP contribution in [0.15, 0.2) is 24.3 Å². The van der Waals surface area contributed by atoms with Crippen LogP contribution in [0.2, 0.25) is 0 Å². The van der Waals surface area contributed by atoms with Gasteiger partial charge in [-0.1, -0.05) is 12.1 Å². The number of carbonyl (C=O) groups is 2. The zero-order chi connectivity index (χ0) is 16.8. The maximum absolute atomic E-state index is 13.1. The number of nitrogens with zero attached hydrogens (tertiary/aromatic N) is 1. The van der Waals surface area contributed by atoms with Crippen molar-refractivity contribution in [3.8, 4) is 0 Å². The summed E-state index contributed by atoms with van der Waals surface area (Å²) in [7, 11) is 0. The molecular weight excluding hydrogens is 283 g/mol. The minimum absolute atomic E-state index is 0.0513. The number of halogens is 1. The van der Waals surface area contributed by atoms with Gasteiger partial charge in [-0.05, 0) is 51.8 Å². The number of hydrogen-bond donors (Lipinski definition) is 1. The number of rotatable bonds is 6. The molecule has 0 atom stereocenters. The highest BCUT2D eigenvalue weighted by molar-refractivity contribution is 5.85. The predicted molar refractivity (Wildman–Crippen MR) is 84.9 cm³/mol. The lowest BCUT2D eigenvalue weighted by Crippen LogP contribution is -2.47. The van der Waals surface area contributed by atoms with Gasteiger partial charge in [0.2, 0.25) is 11.8 Å². The summed E-state index contributed by atoms with van der Waals surface area (Å²) in [6, 6.07) is 6.22. The molecular formula is C17H25FN2O2. The van der Waals surface area contributed by atoms with Crippen molar-refractivity contribution < 1.29 is 14.0 Å². The second-order valence-electron chi connectivity index (χ2n) is 6.34. The summed E-state index contributed by atoms with van der Waals surface area (Å²) < 4.78 is 13.1. The molecule has 0 saturated heterocycles. The predicted octanol–water partition coefficient (Wildman–Crippen LogP) is 2.52. The Morgan fingerprint density at radius 2 is 1.95 bits per heavy atom. The van der Waals surface area contributed by atoms with Crippen LogP contribution in [0.5, 0.6) is 0 Å². The van der Waals surface area contributed by atoms with Gasteiger partial charge in [0, 0.05) is 18.5 Å². The van der Waals surface area contributed by atoms with Crippen LogP contribution in [-0.2, 0) is 16.0 Å². The van der Waals surface area contributed by atoms with Gasteiger partial charge in [0.15, 0.2) is 0 Å². The zero-order valence-electron chi connectivity index (χ0n) is 13.8. The van der Waals surface area contributed by atoms with Crippen LogP contribution in [0, 0.1) is 5.82 Å². The van der Waals surface area contributed by atoms with Gasteiger partial charge >= 0.3 is 0 Å². The molecule has 0 unspecified atom stereocenters. The molecule has 0 radical (unpaired) electrons. The number of nitrogens with one attached hydrogen (secondary N) is 1. The normalized spacial score (nSPS) is 11.1. The standard InChI is InChI=1S/C17H25FN2O2/c1-5-20(12-15(21)19-17(2,3)4)16(22)10-9-13-7-6-8-14(18)11-13/h6-8,11H,5,9-10,12H2,1-4H3,(H,19,21). The smallest absolute Gasteiger partial charge is 0.240 e. The van der Waals surface area contributed by atoms with E-state index >= 15 is 0 Å². The highest BCUT2D eigenvalue weighted by Gasteiger charge is 2.19. The first-order valence-corrected chi connectivity index (χ1v) is 7.54. The first kappa shape index (κ1) is 18.1. The van der Waals surface area contributed by atoms with E-state index in [1.165, 1.54) is 17.0 Å². The van der Waals surface area contributed by atoms with Crippen molar-refractivity contribution in [2.75, 3.05) is 13.1 Å². The van der Waals surface area contributed by atoms with Crippen LogP contribution in [0.25, 0.3) is 0 Å². The lowest BCUT2D eigenvalue weighted by atomic mass is 10.1. The molecule has 1 N–H and O–H groups in total. The summed E-state index contributed by atoms with van der Waals surface area (Å²) in [4.78, 5) is 25.6. The first-order chi connectivity index (χ1) is 10.2. The third-order valence-corrected chi connectivity index (χ3v) is 3.10. The molecule has 1 aromatic carbocycles. The minimum Gasteiger partial charge on any atom is -0.350 e.